The minimum absolute atomic E-state index is 0.221. The smallest absolute Gasteiger partial charge is 0.294 e. The fourth-order valence-electron chi connectivity index (χ4n) is 4.01. The van der Waals surface area contributed by atoms with Gasteiger partial charge >= 0.3 is 0 Å². The molecule has 0 bridgehead atoms. The van der Waals surface area contributed by atoms with Crippen LogP contribution in [0.1, 0.15) is 5.56 Å². The first-order valence-electron chi connectivity index (χ1n) is 11.4. The van der Waals surface area contributed by atoms with E-state index in [0.717, 1.165) is 30.8 Å². The highest BCUT2D eigenvalue weighted by Gasteiger charge is 2.16. The molecule has 0 saturated carbocycles. The van der Waals surface area contributed by atoms with E-state index in [2.05, 4.69) is 25.2 Å². The van der Waals surface area contributed by atoms with Crippen LogP contribution in [0.15, 0.2) is 59.7 Å². The van der Waals surface area contributed by atoms with E-state index in [1.165, 1.54) is 6.07 Å². The number of hydrogen-bond donors (Lipinski definition) is 1. The van der Waals surface area contributed by atoms with E-state index in [9.17, 15) is 13.6 Å². The molecule has 0 atom stereocenters. The third-order valence-electron chi connectivity index (χ3n) is 5.96. The summed E-state index contributed by atoms with van der Waals surface area (Å²) < 4.78 is 34.3. The molecule has 5 rings (SSSR count). The van der Waals surface area contributed by atoms with Gasteiger partial charge in [0.2, 0.25) is 0 Å². The number of hydrogen-bond acceptors (Lipinski definition) is 7. The number of nitrogens with zero attached hydrogens (tertiary/aromatic N) is 5. The second-order valence-electron chi connectivity index (χ2n) is 8.25. The van der Waals surface area contributed by atoms with Crippen molar-refractivity contribution in [1.82, 2.24) is 24.4 Å². The van der Waals surface area contributed by atoms with Crippen LogP contribution in [0.4, 0.5) is 14.6 Å². The first-order chi connectivity index (χ1) is 17.1. The number of pyridine rings is 2. The van der Waals surface area contributed by atoms with Crippen molar-refractivity contribution < 1.29 is 13.5 Å². The van der Waals surface area contributed by atoms with E-state index in [4.69, 9.17) is 4.74 Å². The average Bonchev–Trinajstić information content (AvgIpc) is 2.89. The summed E-state index contributed by atoms with van der Waals surface area (Å²) >= 11 is 0. The van der Waals surface area contributed by atoms with Gasteiger partial charge in [-0.25, -0.2) is 18.7 Å². The van der Waals surface area contributed by atoms with E-state index in [-0.39, 0.29) is 11.4 Å². The SMILES string of the molecule is O=c1c(NCc2ccncc2)nc2ccc(-c3ccc(F)c(F)c3)nc2n1CCN1CCOCC1. The Kier molecular flexibility index (Phi) is 6.73. The molecule has 1 N–H and O–H groups in total. The Hall–Kier alpha value is -3.76. The first kappa shape index (κ1) is 23.0. The van der Waals surface area contributed by atoms with Gasteiger partial charge in [0.15, 0.2) is 23.1 Å². The van der Waals surface area contributed by atoms with Gasteiger partial charge in [0.1, 0.15) is 5.52 Å². The van der Waals surface area contributed by atoms with E-state index in [1.54, 1.807) is 29.1 Å². The zero-order valence-electron chi connectivity index (χ0n) is 19.0. The van der Waals surface area contributed by atoms with E-state index >= 15 is 0 Å². The molecule has 4 heterocycles. The van der Waals surface area contributed by atoms with Crippen molar-refractivity contribution in [2.45, 2.75) is 13.1 Å². The largest absolute Gasteiger partial charge is 0.379 e. The molecule has 0 amide bonds. The fourth-order valence-corrected chi connectivity index (χ4v) is 4.01. The molecule has 180 valence electrons. The molecule has 35 heavy (non-hydrogen) atoms. The Balaban J connectivity index is 1.52. The van der Waals surface area contributed by atoms with Gasteiger partial charge in [-0.3, -0.25) is 19.2 Å². The van der Waals surface area contributed by atoms with Gasteiger partial charge in [0.25, 0.3) is 5.56 Å². The normalized spacial score (nSPS) is 14.3. The third-order valence-corrected chi connectivity index (χ3v) is 5.96. The van der Waals surface area contributed by atoms with Crippen LogP contribution in [-0.2, 0) is 17.8 Å². The number of benzene rings is 1. The summed E-state index contributed by atoms with van der Waals surface area (Å²) in [6.45, 7) is 4.35. The van der Waals surface area contributed by atoms with Gasteiger partial charge in [-0.15, -0.1) is 0 Å². The summed E-state index contributed by atoms with van der Waals surface area (Å²) in [6.07, 6.45) is 3.38. The van der Waals surface area contributed by atoms with Crippen LogP contribution in [0.5, 0.6) is 0 Å². The minimum atomic E-state index is -0.956. The van der Waals surface area contributed by atoms with Gasteiger partial charge in [0, 0.05) is 50.7 Å². The molecule has 3 aromatic heterocycles. The lowest BCUT2D eigenvalue weighted by molar-refractivity contribution is 0.0364. The summed E-state index contributed by atoms with van der Waals surface area (Å²) in [5.41, 5.74) is 2.42. The van der Waals surface area contributed by atoms with Crippen molar-refractivity contribution >= 4 is 17.0 Å². The molecule has 1 saturated heterocycles. The maximum Gasteiger partial charge on any atom is 0.294 e. The van der Waals surface area contributed by atoms with Crippen molar-refractivity contribution in [1.29, 1.82) is 0 Å². The lowest BCUT2D eigenvalue weighted by Crippen LogP contribution is -2.39. The van der Waals surface area contributed by atoms with Crippen molar-refractivity contribution in [3.05, 3.63) is 82.4 Å². The van der Waals surface area contributed by atoms with Crippen LogP contribution in [0.2, 0.25) is 0 Å². The molecule has 1 fully saturated rings. The Bertz CT molecular complexity index is 1390. The number of halogens is 2. The standard InChI is InChI=1S/C25H24F2N6O2/c26-19-2-1-18(15-20(19)27)21-3-4-22-24(31-21)33(10-9-32-11-13-35-14-12-32)25(34)23(30-22)29-16-17-5-7-28-8-6-17/h1-8,15H,9-14,16H2,(H,29,30). The monoisotopic (exact) mass is 478 g/mol. The lowest BCUT2D eigenvalue weighted by atomic mass is 10.1. The topological polar surface area (TPSA) is 85.2 Å². The van der Waals surface area contributed by atoms with Crippen LogP contribution in [0.25, 0.3) is 22.4 Å². The van der Waals surface area contributed by atoms with Crippen LogP contribution >= 0.6 is 0 Å². The van der Waals surface area contributed by atoms with Gasteiger partial charge in [-0.1, -0.05) is 0 Å². The summed E-state index contributed by atoms with van der Waals surface area (Å²) in [4.78, 5) is 28.8. The molecule has 1 aromatic carbocycles. The number of fused-ring (bicyclic) bond motifs is 1. The van der Waals surface area contributed by atoms with Crippen molar-refractivity contribution in [2.24, 2.45) is 0 Å². The lowest BCUT2D eigenvalue weighted by Gasteiger charge is -2.27. The van der Waals surface area contributed by atoms with Crippen LogP contribution < -0.4 is 10.9 Å². The Labute approximate surface area is 200 Å². The second-order valence-corrected chi connectivity index (χ2v) is 8.25. The summed E-state index contributed by atoms with van der Waals surface area (Å²) in [5, 5.41) is 3.13. The molecule has 0 radical (unpaired) electrons. The van der Waals surface area contributed by atoms with E-state index in [1.807, 2.05) is 12.1 Å². The van der Waals surface area contributed by atoms with Crippen LogP contribution in [0.3, 0.4) is 0 Å². The van der Waals surface area contributed by atoms with Crippen molar-refractivity contribution in [2.75, 3.05) is 38.2 Å². The third kappa shape index (κ3) is 5.18. The van der Waals surface area contributed by atoms with Gasteiger partial charge in [-0.05, 0) is 48.0 Å². The van der Waals surface area contributed by atoms with E-state index < -0.39 is 11.6 Å². The molecule has 10 heteroatoms. The van der Waals surface area contributed by atoms with Gasteiger partial charge in [-0.2, -0.15) is 0 Å². The number of morpholine rings is 1. The first-order valence-corrected chi connectivity index (χ1v) is 11.4. The minimum Gasteiger partial charge on any atom is -0.379 e. The molecule has 1 aliphatic heterocycles. The van der Waals surface area contributed by atoms with Crippen LogP contribution in [0, 0.1) is 11.6 Å². The van der Waals surface area contributed by atoms with Gasteiger partial charge in [0.05, 0.1) is 18.9 Å². The molecule has 4 aromatic rings. The number of nitrogens with one attached hydrogen (secondary N) is 1. The van der Waals surface area contributed by atoms with Crippen LogP contribution in [-0.4, -0.2) is 57.3 Å². The highest BCUT2D eigenvalue weighted by atomic mass is 19.2. The number of anilines is 1. The Morgan fingerprint density at radius 3 is 2.51 bits per heavy atom. The predicted octanol–water partition coefficient (Wildman–Crippen LogP) is 3.08. The zero-order valence-corrected chi connectivity index (χ0v) is 19.0. The zero-order chi connectivity index (χ0) is 24.2. The molecule has 1 aliphatic rings. The Morgan fingerprint density at radius 2 is 1.74 bits per heavy atom. The maximum absolute atomic E-state index is 13.8. The predicted molar refractivity (Wildman–Crippen MR) is 128 cm³/mol. The molecular formula is C25H24F2N6O2. The second kappa shape index (κ2) is 10.2. The molecule has 8 nitrogen and oxygen atoms in total. The maximum atomic E-state index is 13.8. The molecule has 0 unspecified atom stereocenters. The number of ether oxygens (including phenoxy) is 1. The summed E-state index contributed by atoms with van der Waals surface area (Å²) in [7, 11) is 0. The molecule has 0 aliphatic carbocycles. The Morgan fingerprint density at radius 1 is 0.943 bits per heavy atom. The fraction of sp³-hybridized carbons (Fsp3) is 0.280. The summed E-state index contributed by atoms with van der Waals surface area (Å²) in [6, 6.07) is 10.8. The van der Waals surface area contributed by atoms with Gasteiger partial charge < -0.3 is 10.1 Å². The average molecular weight is 479 g/mol. The van der Waals surface area contributed by atoms with Crippen molar-refractivity contribution in [3.63, 3.8) is 0 Å². The number of rotatable bonds is 7. The van der Waals surface area contributed by atoms with E-state index in [0.29, 0.717) is 55.3 Å². The molecule has 0 spiro atoms. The van der Waals surface area contributed by atoms with Crippen molar-refractivity contribution in [3.8, 4) is 11.3 Å². The quantitative estimate of drug-likeness (QED) is 0.437. The highest BCUT2D eigenvalue weighted by molar-refractivity contribution is 5.76. The molecular weight excluding hydrogens is 454 g/mol. The number of aromatic nitrogens is 4. The highest BCUT2D eigenvalue weighted by Crippen LogP contribution is 2.22. The summed E-state index contributed by atoms with van der Waals surface area (Å²) in [5.74, 6) is -1.66.